The van der Waals surface area contributed by atoms with Gasteiger partial charge in [0.25, 0.3) is 0 Å². The lowest BCUT2D eigenvalue weighted by Gasteiger charge is -2.24. The quantitative estimate of drug-likeness (QED) is 0.471. The molecule has 0 amide bonds. The summed E-state index contributed by atoms with van der Waals surface area (Å²) in [5, 5.41) is 10.7. The summed E-state index contributed by atoms with van der Waals surface area (Å²) in [6, 6.07) is 0. The van der Waals surface area contributed by atoms with Crippen LogP contribution in [0, 0.1) is 0 Å². The van der Waals surface area contributed by atoms with E-state index in [0.717, 1.165) is 25.9 Å². The van der Waals surface area contributed by atoms with E-state index < -0.39 is 0 Å². The largest absolute Gasteiger partial charge is 0.393 e. The third kappa shape index (κ3) is 3.01. The summed E-state index contributed by atoms with van der Waals surface area (Å²) in [7, 11) is 0. The molecule has 0 spiro atoms. The van der Waals surface area contributed by atoms with Crippen molar-refractivity contribution in [2.24, 2.45) is 5.84 Å². The summed E-state index contributed by atoms with van der Waals surface area (Å²) >= 11 is 0. The van der Waals surface area contributed by atoms with Crippen LogP contribution in [0.4, 0.5) is 0 Å². The van der Waals surface area contributed by atoms with Gasteiger partial charge < -0.3 is 5.11 Å². The van der Waals surface area contributed by atoms with E-state index in [4.69, 9.17) is 10.9 Å². The first kappa shape index (κ1) is 9.17. The maximum Gasteiger partial charge on any atom is 0.0565 e. The van der Waals surface area contributed by atoms with Crippen molar-refractivity contribution in [2.45, 2.75) is 18.9 Å². The van der Waals surface area contributed by atoms with Crippen LogP contribution in [0.1, 0.15) is 12.8 Å². The maximum atomic E-state index is 8.94. The molecule has 1 aliphatic rings. The molecular formula is C5H13ClN2O. The molecule has 3 nitrogen and oxygen atoms in total. The highest BCUT2D eigenvalue weighted by molar-refractivity contribution is 5.85. The highest BCUT2D eigenvalue weighted by Gasteiger charge is 2.12. The summed E-state index contributed by atoms with van der Waals surface area (Å²) in [6.07, 6.45) is 1.56. The number of hydrogen-bond donors (Lipinski definition) is 2. The fourth-order valence-corrected chi connectivity index (χ4v) is 0.886. The average molecular weight is 153 g/mol. The van der Waals surface area contributed by atoms with Crippen LogP contribution in [-0.2, 0) is 0 Å². The van der Waals surface area contributed by atoms with Gasteiger partial charge in [0.15, 0.2) is 0 Å². The van der Waals surface area contributed by atoms with Gasteiger partial charge in [0, 0.05) is 13.1 Å². The fourth-order valence-electron chi connectivity index (χ4n) is 0.886. The normalized spacial score (nSPS) is 23.3. The van der Waals surface area contributed by atoms with Crippen LogP contribution in [0.2, 0.25) is 0 Å². The number of rotatable bonds is 0. The summed E-state index contributed by atoms with van der Waals surface area (Å²) in [5.74, 6) is 5.42. The predicted molar refractivity (Wildman–Crippen MR) is 38.2 cm³/mol. The summed E-state index contributed by atoms with van der Waals surface area (Å²) in [5.41, 5.74) is 0. The van der Waals surface area contributed by atoms with Crippen LogP contribution in [0.5, 0.6) is 0 Å². The van der Waals surface area contributed by atoms with E-state index in [1.165, 1.54) is 0 Å². The smallest absolute Gasteiger partial charge is 0.0565 e. The number of nitrogens with two attached hydrogens (primary N) is 1. The monoisotopic (exact) mass is 152 g/mol. The molecule has 0 saturated carbocycles. The Balaban J connectivity index is 0.000000640. The van der Waals surface area contributed by atoms with Gasteiger partial charge in [-0.05, 0) is 12.8 Å². The molecule has 1 aliphatic heterocycles. The number of hydrazine groups is 1. The van der Waals surface area contributed by atoms with Crippen molar-refractivity contribution in [3.8, 4) is 0 Å². The molecule has 0 atom stereocenters. The Morgan fingerprint density at radius 2 is 1.78 bits per heavy atom. The molecule has 1 saturated heterocycles. The summed E-state index contributed by atoms with van der Waals surface area (Å²) < 4.78 is 0. The van der Waals surface area contributed by atoms with Crippen LogP contribution in [0.25, 0.3) is 0 Å². The van der Waals surface area contributed by atoms with Crippen molar-refractivity contribution < 1.29 is 5.11 Å². The minimum atomic E-state index is -0.102. The minimum absolute atomic E-state index is 0. The van der Waals surface area contributed by atoms with Gasteiger partial charge in [-0.3, -0.25) is 5.84 Å². The van der Waals surface area contributed by atoms with E-state index >= 15 is 0 Å². The Morgan fingerprint density at radius 3 is 2.11 bits per heavy atom. The Morgan fingerprint density at radius 1 is 1.33 bits per heavy atom. The SMILES string of the molecule is Cl.NN1CCC(O)CC1. The third-order valence-electron chi connectivity index (χ3n) is 1.50. The van der Waals surface area contributed by atoms with Crippen LogP contribution >= 0.6 is 12.4 Å². The van der Waals surface area contributed by atoms with Gasteiger partial charge in [-0.1, -0.05) is 0 Å². The van der Waals surface area contributed by atoms with E-state index in [1.807, 2.05) is 0 Å². The highest BCUT2D eigenvalue weighted by atomic mass is 35.5. The Kier molecular flexibility index (Phi) is 4.14. The topological polar surface area (TPSA) is 49.5 Å². The first-order valence-corrected chi connectivity index (χ1v) is 2.97. The number of aliphatic hydroxyl groups excluding tert-OH is 1. The number of aliphatic hydroxyl groups is 1. The van der Waals surface area contributed by atoms with E-state index in [0.29, 0.717) is 0 Å². The second kappa shape index (κ2) is 4.06. The van der Waals surface area contributed by atoms with Crippen molar-refractivity contribution in [1.29, 1.82) is 0 Å². The van der Waals surface area contributed by atoms with Gasteiger partial charge >= 0.3 is 0 Å². The van der Waals surface area contributed by atoms with Crippen molar-refractivity contribution in [3.05, 3.63) is 0 Å². The molecule has 1 heterocycles. The molecule has 3 N–H and O–H groups in total. The van der Waals surface area contributed by atoms with Gasteiger partial charge in [-0.25, -0.2) is 5.01 Å². The van der Waals surface area contributed by atoms with Gasteiger partial charge in [-0.2, -0.15) is 0 Å². The molecule has 0 aliphatic carbocycles. The van der Waals surface area contributed by atoms with E-state index in [9.17, 15) is 0 Å². The van der Waals surface area contributed by atoms with Gasteiger partial charge in [0.05, 0.1) is 6.10 Å². The van der Waals surface area contributed by atoms with E-state index in [1.54, 1.807) is 5.01 Å². The molecule has 0 aromatic heterocycles. The number of piperidine rings is 1. The van der Waals surface area contributed by atoms with Crippen molar-refractivity contribution in [2.75, 3.05) is 13.1 Å². The molecule has 9 heavy (non-hydrogen) atoms. The molecule has 4 heteroatoms. The standard InChI is InChI=1S/C5H12N2O.ClH/c6-7-3-1-5(8)2-4-7;/h5,8H,1-4,6H2;1H. The lowest BCUT2D eigenvalue weighted by molar-refractivity contribution is 0.0828. The zero-order valence-corrected chi connectivity index (χ0v) is 6.10. The lowest BCUT2D eigenvalue weighted by atomic mass is 10.1. The Labute approximate surface area is 61.2 Å². The molecular weight excluding hydrogens is 140 g/mol. The molecule has 56 valence electrons. The average Bonchev–Trinajstić information content (AvgIpc) is 1.77. The van der Waals surface area contributed by atoms with Gasteiger partial charge in [-0.15, -0.1) is 12.4 Å². The fraction of sp³-hybridized carbons (Fsp3) is 1.00. The Bertz CT molecular complexity index is 63.4. The number of nitrogens with zero attached hydrogens (tertiary/aromatic N) is 1. The lowest BCUT2D eigenvalue weighted by Crippen LogP contribution is -2.40. The second-order valence-corrected chi connectivity index (χ2v) is 2.27. The first-order valence-electron chi connectivity index (χ1n) is 2.97. The van der Waals surface area contributed by atoms with Crippen molar-refractivity contribution >= 4 is 12.4 Å². The van der Waals surface area contributed by atoms with E-state index in [-0.39, 0.29) is 18.5 Å². The van der Waals surface area contributed by atoms with Crippen molar-refractivity contribution in [3.63, 3.8) is 0 Å². The van der Waals surface area contributed by atoms with Crippen LogP contribution in [0.3, 0.4) is 0 Å². The molecule has 0 unspecified atom stereocenters. The Hall–Kier alpha value is 0.170. The second-order valence-electron chi connectivity index (χ2n) is 2.27. The van der Waals surface area contributed by atoms with Crippen LogP contribution < -0.4 is 5.84 Å². The molecule has 0 aromatic rings. The van der Waals surface area contributed by atoms with Gasteiger partial charge in [0.2, 0.25) is 0 Å². The summed E-state index contributed by atoms with van der Waals surface area (Å²) in [4.78, 5) is 0. The van der Waals surface area contributed by atoms with Crippen LogP contribution in [-0.4, -0.2) is 29.3 Å². The zero-order valence-electron chi connectivity index (χ0n) is 5.29. The molecule has 1 rings (SSSR count). The van der Waals surface area contributed by atoms with Crippen molar-refractivity contribution in [1.82, 2.24) is 5.01 Å². The number of halogens is 1. The minimum Gasteiger partial charge on any atom is -0.393 e. The molecule has 0 bridgehead atoms. The molecule has 1 fully saturated rings. The van der Waals surface area contributed by atoms with Crippen LogP contribution in [0.15, 0.2) is 0 Å². The first-order chi connectivity index (χ1) is 3.79. The maximum absolute atomic E-state index is 8.94. The number of hydrogen-bond acceptors (Lipinski definition) is 3. The van der Waals surface area contributed by atoms with Gasteiger partial charge in [0.1, 0.15) is 0 Å². The zero-order chi connectivity index (χ0) is 5.98. The third-order valence-corrected chi connectivity index (χ3v) is 1.50. The predicted octanol–water partition coefficient (Wildman–Crippen LogP) is -0.261. The highest BCUT2D eigenvalue weighted by Crippen LogP contribution is 2.04. The summed E-state index contributed by atoms with van der Waals surface area (Å²) in [6.45, 7) is 1.67. The molecule has 0 radical (unpaired) electrons. The molecule has 0 aromatic carbocycles. The van der Waals surface area contributed by atoms with E-state index in [2.05, 4.69) is 0 Å².